The molecule has 2 rings (SSSR count). The molecule has 0 spiro atoms. The number of thiazole rings is 1. The van der Waals surface area contributed by atoms with Crippen LogP contribution in [0, 0.1) is 0 Å². The monoisotopic (exact) mass is 153 g/mol. The number of nitrogens with zero attached hydrogens (tertiary/aromatic N) is 2. The van der Waals surface area contributed by atoms with E-state index in [1.165, 1.54) is 17.8 Å². The molecular formula is C7H9N2S. The molecule has 0 aliphatic carbocycles. The van der Waals surface area contributed by atoms with Crippen molar-refractivity contribution in [1.29, 1.82) is 0 Å². The molecule has 1 unspecified atom stereocenters. The number of hydrogen-bond donors (Lipinski definition) is 0. The fraction of sp³-hybridized carbons (Fsp3) is 0.571. The lowest BCUT2D eigenvalue weighted by molar-refractivity contribution is 0.631. The Bertz CT molecular complexity index is 189. The van der Waals surface area contributed by atoms with E-state index in [0.717, 1.165) is 6.54 Å². The van der Waals surface area contributed by atoms with Gasteiger partial charge in [0.15, 0.2) is 0 Å². The molecule has 53 valence electrons. The van der Waals surface area contributed by atoms with Crippen molar-refractivity contribution in [3.63, 3.8) is 0 Å². The first-order chi connectivity index (χ1) is 4.97. The third-order valence-corrected chi connectivity index (χ3v) is 2.60. The first-order valence-electron chi connectivity index (χ1n) is 3.53. The molecule has 1 aromatic rings. The second-order valence-electron chi connectivity index (χ2n) is 2.43. The van der Waals surface area contributed by atoms with E-state index in [2.05, 4.69) is 10.3 Å². The van der Waals surface area contributed by atoms with Crippen LogP contribution in [-0.4, -0.2) is 11.5 Å². The maximum absolute atomic E-state index is 4.43. The molecule has 0 bridgehead atoms. The van der Waals surface area contributed by atoms with Crippen molar-refractivity contribution < 1.29 is 0 Å². The third kappa shape index (κ3) is 1.07. The van der Waals surface area contributed by atoms with E-state index in [1.54, 1.807) is 11.3 Å². The maximum atomic E-state index is 4.43. The Balaban J connectivity index is 2.12. The molecule has 10 heavy (non-hydrogen) atoms. The van der Waals surface area contributed by atoms with Crippen LogP contribution >= 0.6 is 11.3 Å². The Hall–Kier alpha value is -0.410. The highest BCUT2D eigenvalue weighted by atomic mass is 32.1. The van der Waals surface area contributed by atoms with E-state index in [9.17, 15) is 0 Å². The fourth-order valence-corrected chi connectivity index (χ4v) is 1.96. The molecule has 1 saturated heterocycles. The standard InChI is InChI=1S/C7H9N2S/c1-2-6(8-3-1)7-9-4-5-10-7/h4-6H,1-3H2. The van der Waals surface area contributed by atoms with Gasteiger partial charge in [0, 0.05) is 18.1 Å². The molecule has 0 amide bonds. The fourth-order valence-electron chi connectivity index (χ4n) is 1.22. The van der Waals surface area contributed by atoms with Crippen LogP contribution in [0.5, 0.6) is 0 Å². The second kappa shape index (κ2) is 2.68. The molecule has 1 aliphatic heterocycles. The molecule has 3 heteroatoms. The highest BCUT2D eigenvalue weighted by Gasteiger charge is 2.18. The normalized spacial score (nSPS) is 25.4. The zero-order valence-electron chi connectivity index (χ0n) is 5.66. The molecule has 2 heterocycles. The Labute approximate surface area is 64.3 Å². The minimum atomic E-state index is 0.431. The highest BCUT2D eigenvalue weighted by molar-refractivity contribution is 7.09. The van der Waals surface area contributed by atoms with Crippen LogP contribution in [0.15, 0.2) is 11.6 Å². The first kappa shape index (κ1) is 6.31. The van der Waals surface area contributed by atoms with Gasteiger partial charge in [0.25, 0.3) is 0 Å². The van der Waals surface area contributed by atoms with Crippen LogP contribution in [0.25, 0.3) is 0 Å². The molecule has 1 fully saturated rings. The zero-order chi connectivity index (χ0) is 6.81. The van der Waals surface area contributed by atoms with E-state index in [-0.39, 0.29) is 0 Å². The molecule has 1 aromatic heterocycles. The Morgan fingerprint density at radius 3 is 3.20 bits per heavy atom. The number of hydrogen-bond acceptors (Lipinski definition) is 2. The van der Waals surface area contributed by atoms with E-state index < -0.39 is 0 Å². The van der Waals surface area contributed by atoms with Gasteiger partial charge in [-0.05, 0) is 12.8 Å². The van der Waals surface area contributed by atoms with E-state index in [4.69, 9.17) is 0 Å². The van der Waals surface area contributed by atoms with Gasteiger partial charge in [-0.15, -0.1) is 11.3 Å². The summed E-state index contributed by atoms with van der Waals surface area (Å²) in [6.45, 7) is 1.03. The minimum Gasteiger partial charge on any atom is -0.248 e. The quantitative estimate of drug-likeness (QED) is 0.601. The summed E-state index contributed by atoms with van der Waals surface area (Å²) < 4.78 is 0. The predicted molar refractivity (Wildman–Crippen MR) is 41.1 cm³/mol. The van der Waals surface area contributed by atoms with Gasteiger partial charge in [0.1, 0.15) is 5.01 Å². The summed E-state index contributed by atoms with van der Waals surface area (Å²) in [4.78, 5) is 4.22. The van der Waals surface area contributed by atoms with Crippen LogP contribution in [0.3, 0.4) is 0 Å². The lowest BCUT2D eigenvalue weighted by Crippen LogP contribution is -2.03. The van der Waals surface area contributed by atoms with Crippen molar-refractivity contribution in [3.05, 3.63) is 16.6 Å². The molecule has 1 aliphatic rings. The Morgan fingerprint density at radius 2 is 2.60 bits per heavy atom. The minimum absolute atomic E-state index is 0.431. The van der Waals surface area contributed by atoms with Crippen LogP contribution in [0.2, 0.25) is 0 Å². The van der Waals surface area contributed by atoms with Crippen LogP contribution < -0.4 is 5.32 Å². The van der Waals surface area contributed by atoms with Crippen molar-refractivity contribution in [2.75, 3.05) is 6.54 Å². The molecule has 0 saturated carbocycles. The summed E-state index contributed by atoms with van der Waals surface area (Å²) in [5, 5.41) is 7.64. The average molecular weight is 153 g/mol. The largest absolute Gasteiger partial charge is 0.248 e. The van der Waals surface area contributed by atoms with Gasteiger partial charge in [-0.25, -0.2) is 10.3 Å². The van der Waals surface area contributed by atoms with Crippen molar-refractivity contribution in [1.82, 2.24) is 10.3 Å². The van der Waals surface area contributed by atoms with Crippen LogP contribution in [-0.2, 0) is 0 Å². The Morgan fingerprint density at radius 1 is 1.60 bits per heavy atom. The van der Waals surface area contributed by atoms with E-state index in [0.29, 0.717) is 6.04 Å². The van der Waals surface area contributed by atoms with Crippen molar-refractivity contribution >= 4 is 11.3 Å². The number of rotatable bonds is 1. The maximum Gasteiger partial charge on any atom is 0.111 e. The summed E-state index contributed by atoms with van der Waals surface area (Å²) >= 11 is 1.72. The SMILES string of the molecule is c1csc(C2CCC[N]2)n1. The van der Waals surface area contributed by atoms with E-state index >= 15 is 0 Å². The summed E-state index contributed by atoms with van der Waals surface area (Å²) in [6, 6.07) is 0.431. The average Bonchev–Trinajstić information content (AvgIpc) is 2.59. The smallest absolute Gasteiger partial charge is 0.111 e. The third-order valence-electron chi connectivity index (χ3n) is 1.72. The summed E-state index contributed by atoms with van der Waals surface area (Å²) in [5.74, 6) is 0. The van der Waals surface area contributed by atoms with Gasteiger partial charge in [-0.2, -0.15) is 0 Å². The summed E-state index contributed by atoms with van der Waals surface area (Å²) in [7, 11) is 0. The van der Waals surface area contributed by atoms with Gasteiger partial charge in [0.05, 0.1) is 6.04 Å². The summed E-state index contributed by atoms with van der Waals surface area (Å²) in [6.07, 6.45) is 4.30. The van der Waals surface area contributed by atoms with Gasteiger partial charge in [-0.1, -0.05) is 0 Å². The molecular weight excluding hydrogens is 144 g/mol. The first-order valence-corrected chi connectivity index (χ1v) is 4.41. The molecule has 0 aromatic carbocycles. The highest BCUT2D eigenvalue weighted by Crippen LogP contribution is 2.25. The molecule has 0 N–H and O–H groups in total. The lowest BCUT2D eigenvalue weighted by Gasteiger charge is -2.01. The van der Waals surface area contributed by atoms with Gasteiger partial charge >= 0.3 is 0 Å². The van der Waals surface area contributed by atoms with Gasteiger partial charge in [-0.3, -0.25) is 0 Å². The van der Waals surface area contributed by atoms with Crippen molar-refractivity contribution in [2.24, 2.45) is 0 Å². The summed E-state index contributed by atoms with van der Waals surface area (Å²) in [5.41, 5.74) is 0. The zero-order valence-corrected chi connectivity index (χ0v) is 6.47. The van der Waals surface area contributed by atoms with Gasteiger partial charge in [0.2, 0.25) is 0 Å². The molecule has 2 nitrogen and oxygen atoms in total. The predicted octanol–water partition coefficient (Wildman–Crippen LogP) is 1.58. The van der Waals surface area contributed by atoms with Gasteiger partial charge < -0.3 is 0 Å². The number of aromatic nitrogens is 1. The topological polar surface area (TPSA) is 27.0 Å². The van der Waals surface area contributed by atoms with Crippen molar-refractivity contribution in [3.8, 4) is 0 Å². The molecule has 1 atom stereocenters. The van der Waals surface area contributed by atoms with Crippen LogP contribution in [0.4, 0.5) is 0 Å². The second-order valence-corrected chi connectivity index (χ2v) is 3.36. The van der Waals surface area contributed by atoms with Crippen molar-refractivity contribution in [2.45, 2.75) is 18.9 Å². The Kier molecular flexibility index (Phi) is 1.69. The lowest BCUT2D eigenvalue weighted by atomic mass is 10.2. The van der Waals surface area contributed by atoms with E-state index in [1.807, 2.05) is 11.6 Å². The molecule has 1 radical (unpaired) electrons. The van der Waals surface area contributed by atoms with Crippen LogP contribution in [0.1, 0.15) is 23.9 Å².